The number of hydroxylamine groups is 3. The van der Waals surface area contributed by atoms with E-state index in [2.05, 4.69) is 5.32 Å². The van der Waals surface area contributed by atoms with Crippen LogP contribution in [0.15, 0.2) is 0 Å². The molecule has 1 fully saturated rings. The summed E-state index contributed by atoms with van der Waals surface area (Å²) >= 11 is 5.88. The van der Waals surface area contributed by atoms with Crippen LogP contribution in [0, 0.1) is 0 Å². The summed E-state index contributed by atoms with van der Waals surface area (Å²) in [6.07, 6.45) is -0.0162. The number of alkyl halides is 1. The summed E-state index contributed by atoms with van der Waals surface area (Å²) in [5.74, 6) is 0. The second-order valence-electron chi connectivity index (χ2n) is 3.83. The minimum Gasteiger partial charge on any atom is -0.279 e. The van der Waals surface area contributed by atoms with Crippen molar-refractivity contribution in [3.8, 4) is 0 Å². The lowest BCUT2D eigenvalue weighted by Gasteiger charge is -2.45. The Morgan fingerprint density at radius 2 is 2.12 bits per heavy atom. The molecule has 0 spiro atoms. The molecule has 1 saturated heterocycles. The lowest BCUT2D eigenvalue weighted by molar-refractivity contribution is -1.12. The number of nitrogens with two attached hydrogens (primary N) is 2. The Kier molecular flexibility index (Phi) is 4.17. The van der Waals surface area contributed by atoms with Crippen molar-refractivity contribution in [2.24, 2.45) is 11.5 Å². The number of hydrogen-bond donors (Lipinski definition) is 3. The van der Waals surface area contributed by atoms with Gasteiger partial charge in [0.2, 0.25) is 6.29 Å². The van der Waals surface area contributed by atoms with Crippen LogP contribution in [0.5, 0.6) is 0 Å². The minimum absolute atomic E-state index is 0.325. The highest BCUT2D eigenvalue weighted by molar-refractivity contribution is 7.85. The van der Waals surface area contributed by atoms with Gasteiger partial charge >= 0.3 is 10.1 Å². The van der Waals surface area contributed by atoms with Crippen LogP contribution >= 0.6 is 11.6 Å². The van der Waals surface area contributed by atoms with Crippen LogP contribution in [0.2, 0.25) is 0 Å². The van der Waals surface area contributed by atoms with Crippen molar-refractivity contribution in [2.75, 3.05) is 12.8 Å². The van der Waals surface area contributed by atoms with Gasteiger partial charge < -0.3 is 0 Å². The zero-order valence-corrected chi connectivity index (χ0v) is 10.8. The van der Waals surface area contributed by atoms with Crippen molar-refractivity contribution in [1.82, 2.24) is 5.32 Å². The van der Waals surface area contributed by atoms with Gasteiger partial charge in [0.25, 0.3) is 0 Å². The maximum absolute atomic E-state index is 11.2. The summed E-state index contributed by atoms with van der Waals surface area (Å²) < 4.78 is 27.1. The fraction of sp³-hybridized carbons (Fsp3) is 1.00. The SMILES string of the molecule is CC[N+]1(OS(C)(=O)=O)C(N)CC(Cl)NC1N. The number of halogens is 1. The molecule has 16 heavy (non-hydrogen) atoms. The first kappa shape index (κ1) is 14.1. The maximum Gasteiger partial charge on any atom is 0.311 e. The first-order valence-corrected chi connectivity index (χ1v) is 7.16. The lowest BCUT2D eigenvalue weighted by atomic mass is 10.2. The quantitative estimate of drug-likeness (QED) is 0.339. The average Bonchev–Trinajstić information content (AvgIpc) is 2.09. The second kappa shape index (κ2) is 4.73. The van der Waals surface area contributed by atoms with Crippen LogP contribution in [-0.4, -0.2) is 43.8 Å². The Morgan fingerprint density at radius 3 is 2.50 bits per heavy atom. The van der Waals surface area contributed by atoms with Gasteiger partial charge in [-0.15, -0.1) is 16.2 Å². The summed E-state index contributed by atoms with van der Waals surface area (Å²) in [4.78, 5) is 0. The zero-order valence-electron chi connectivity index (χ0n) is 9.26. The molecule has 0 aromatic rings. The van der Waals surface area contributed by atoms with E-state index in [0.29, 0.717) is 13.0 Å². The third kappa shape index (κ3) is 2.83. The molecule has 0 saturated carbocycles. The Bertz CT molecular complexity index is 338. The third-order valence-electron chi connectivity index (χ3n) is 2.60. The number of hydrogen-bond acceptors (Lipinski definition) is 6. The molecule has 4 unspecified atom stereocenters. The van der Waals surface area contributed by atoms with Gasteiger partial charge in [-0.1, -0.05) is 4.28 Å². The van der Waals surface area contributed by atoms with Gasteiger partial charge in [-0.05, 0) is 6.92 Å². The molecule has 1 aliphatic rings. The molecule has 1 rings (SSSR count). The van der Waals surface area contributed by atoms with Gasteiger partial charge in [0, 0.05) is 6.42 Å². The number of quaternary nitrogens is 1. The topological polar surface area (TPSA) is 107 Å². The van der Waals surface area contributed by atoms with Crippen molar-refractivity contribution in [1.29, 1.82) is 0 Å². The average molecular weight is 274 g/mol. The summed E-state index contributed by atoms with van der Waals surface area (Å²) in [7, 11) is -3.65. The van der Waals surface area contributed by atoms with Gasteiger partial charge in [-0.25, -0.2) is 5.32 Å². The smallest absolute Gasteiger partial charge is 0.279 e. The van der Waals surface area contributed by atoms with Gasteiger partial charge in [-0.2, -0.15) is 8.42 Å². The predicted molar refractivity (Wildman–Crippen MR) is 60.1 cm³/mol. The van der Waals surface area contributed by atoms with Crippen LogP contribution in [-0.2, 0) is 14.4 Å². The Morgan fingerprint density at radius 1 is 1.56 bits per heavy atom. The largest absolute Gasteiger partial charge is 0.311 e. The molecular weight excluding hydrogens is 256 g/mol. The minimum atomic E-state index is -3.65. The normalized spacial score (nSPS) is 40.9. The standard InChI is InChI=1S/C7H18ClN4O3S/c1-3-12(15-16(2,13)14)6(9)4-5(8)11-7(12)10/h5-7,11H,3-4,9-10H2,1-2H3/q+1. The second-order valence-corrected chi connectivity index (χ2v) is 5.92. The van der Waals surface area contributed by atoms with Gasteiger partial charge in [0.1, 0.15) is 6.54 Å². The highest BCUT2D eigenvalue weighted by atomic mass is 35.5. The molecule has 0 aliphatic carbocycles. The molecule has 0 radical (unpaired) electrons. The van der Waals surface area contributed by atoms with E-state index in [0.717, 1.165) is 6.26 Å². The van der Waals surface area contributed by atoms with E-state index >= 15 is 0 Å². The molecule has 1 aliphatic heterocycles. The van der Waals surface area contributed by atoms with E-state index < -0.39 is 22.6 Å². The Hall–Kier alpha value is 0.0400. The zero-order chi connectivity index (χ0) is 12.6. The van der Waals surface area contributed by atoms with Gasteiger partial charge in [0.15, 0.2) is 6.17 Å². The van der Waals surface area contributed by atoms with E-state index in [1.165, 1.54) is 0 Å². The molecule has 96 valence electrons. The van der Waals surface area contributed by atoms with Gasteiger partial charge in [-0.3, -0.25) is 11.5 Å². The summed E-state index contributed by atoms with van der Waals surface area (Å²) in [6.45, 7) is 2.08. The van der Waals surface area contributed by atoms with Crippen molar-refractivity contribution < 1.29 is 17.3 Å². The van der Waals surface area contributed by atoms with Crippen LogP contribution in [0.1, 0.15) is 13.3 Å². The van der Waals surface area contributed by atoms with E-state index in [9.17, 15) is 8.42 Å². The summed E-state index contributed by atoms with van der Waals surface area (Å²) in [5.41, 5.74) is 11.3. The lowest BCUT2D eigenvalue weighted by Crippen LogP contribution is -2.76. The fourth-order valence-electron chi connectivity index (χ4n) is 1.81. The Labute approximate surface area is 100 Å². The highest BCUT2D eigenvalue weighted by Crippen LogP contribution is 2.25. The summed E-state index contributed by atoms with van der Waals surface area (Å²) in [5, 5.41) is 2.82. The highest BCUT2D eigenvalue weighted by Gasteiger charge is 2.50. The molecule has 5 N–H and O–H groups in total. The third-order valence-corrected chi connectivity index (χ3v) is 3.45. The molecule has 0 aromatic carbocycles. The van der Waals surface area contributed by atoms with Gasteiger partial charge in [0.05, 0.1) is 11.8 Å². The fourth-order valence-corrected chi connectivity index (χ4v) is 2.94. The number of rotatable bonds is 3. The van der Waals surface area contributed by atoms with E-state index in [1.54, 1.807) is 6.92 Å². The van der Waals surface area contributed by atoms with Crippen LogP contribution in [0.25, 0.3) is 0 Å². The molecule has 0 bridgehead atoms. The Balaban J connectivity index is 3.00. The van der Waals surface area contributed by atoms with Crippen molar-refractivity contribution in [3.63, 3.8) is 0 Å². The van der Waals surface area contributed by atoms with E-state index in [1.807, 2.05) is 0 Å². The monoisotopic (exact) mass is 273 g/mol. The molecule has 0 amide bonds. The van der Waals surface area contributed by atoms with Crippen LogP contribution in [0.4, 0.5) is 0 Å². The van der Waals surface area contributed by atoms with Crippen molar-refractivity contribution >= 4 is 21.7 Å². The van der Waals surface area contributed by atoms with Crippen molar-refractivity contribution in [2.45, 2.75) is 31.3 Å². The molecule has 7 nitrogen and oxygen atoms in total. The molecular formula is C7H18ClN4O3S+. The first-order valence-electron chi connectivity index (χ1n) is 4.91. The molecule has 9 heteroatoms. The summed E-state index contributed by atoms with van der Waals surface area (Å²) in [6, 6.07) is 0. The van der Waals surface area contributed by atoms with E-state index in [-0.39, 0.29) is 10.1 Å². The molecule has 1 heterocycles. The number of nitrogens with zero attached hydrogens (tertiary/aromatic N) is 1. The van der Waals surface area contributed by atoms with E-state index in [4.69, 9.17) is 27.4 Å². The number of nitrogens with one attached hydrogen (secondary N) is 1. The predicted octanol–water partition coefficient (Wildman–Crippen LogP) is -1.20. The van der Waals surface area contributed by atoms with Crippen molar-refractivity contribution in [3.05, 3.63) is 0 Å². The first-order chi connectivity index (χ1) is 7.21. The van der Waals surface area contributed by atoms with Crippen LogP contribution < -0.4 is 16.8 Å². The molecule has 0 aromatic heterocycles. The van der Waals surface area contributed by atoms with Crippen LogP contribution in [0.3, 0.4) is 0 Å². The maximum atomic E-state index is 11.2. The molecule has 4 atom stereocenters.